The third-order valence-corrected chi connectivity index (χ3v) is 5.06. The van der Waals surface area contributed by atoms with Gasteiger partial charge in [0, 0.05) is 43.0 Å². The number of carbonyl (C=O) groups excluding carboxylic acids is 1. The Balaban J connectivity index is 0.00000196. The summed E-state index contributed by atoms with van der Waals surface area (Å²) >= 11 is 0. The van der Waals surface area contributed by atoms with Crippen molar-refractivity contribution >= 4 is 24.0 Å². The number of H-pyrrole nitrogens is 1. The Morgan fingerprint density at radius 3 is 2.92 bits per heavy atom. The number of aromatic nitrogens is 2. The maximum atomic E-state index is 12.6. The van der Waals surface area contributed by atoms with Gasteiger partial charge in [-0.1, -0.05) is 18.6 Å². The molecule has 0 atom stereocenters. The Labute approximate surface area is 160 Å². The lowest BCUT2D eigenvalue weighted by Gasteiger charge is -2.26. The van der Waals surface area contributed by atoms with Crippen LogP contribution in [0.25, 0.3) is 0 Å². The molecular formula is C19H26ClN5O. The Bertz CT molecular complexity index is 754. The lowest BCUT2D eigenvalue weighted by atomic mass is 10.1. The van der Waals surface area contributed by atoms with Crippen molar-refractivity contribution in [1.82, 2.24) is 20.4 Å². The molecule has 7 heteroatoms. The second kappa shape index (κ2) is 8.66. The Morgan fingerprint density at radius 1 is 1.23 bits per heavy atom. The van der Waals surface area contributed by atoms with Crippen molar-refractivity contribution in [3.05, 3.63) is 46.8 Å². The minimum Gasteiger partial charge on any atom is -0.321 e. The van der Waals surface area contributed by atoms with Crippen molar-refractivity contribution in [2.24, 2.45) is 0 Å². The fourth-order valence-corrected chi connectivity index (χ4v) is 3.73. The second-order valence-electron chi connectivity index (χ2n) is 6.95. The molecule has 1 amide bonds. The van der Waals surface area contributed by atoms with E-state index in [1.807, 2.05) is 12.1 Å². The standard InChI is InChI=1S/C19H25N5O.ClH/c25-19(18-16-12-20-8-7-17(16)22-23-18)21-15-6-4-5-14(11-15)13-24-9-2-1-3-10-24;/h4-6,11,20H,1-3,7-10,12-13H2,(H,21,25)(H,22,23);1H. The van der Waals surface area contributed by atoms with Gasteiger partial charge >= 0.3 is 0 Å². The predicted molar refractivity (Wildman–Crippen MR) is 105 cm³/mol. The van der Waals surface area contributed by atoms with Crippen LogP contribution in [0.5, 0.6) is 0 Å². The molecule has 3 N–H and O–H groups in total. The number of likely N-dealkylation sites (tertiary alicyclic amines) is 1. The topological polar surface area (TPSA) is 73.0 Å². The molecule has 2 aliphatic rings. The molecule has 1 aromatic heterocycles. The zero-order valence-electron chi connectivity index (χ0n) is 14.9. The van der Waals surface area contributed by atoms with E-state index in [0.29, 0.717) is 12.2 Å². The molecule has 1 fully saturated rings. The van der Waals surface area contributed by atoms with Crippen molar-refractivity contribution < 1.29 is 4.79 Å². The molecule has 26 heavy (non-hydrogen) atoms. The minimum atomic E-state index is -0.142. The van der Waals surface area contributed by atoms with Gasteiger partial charge in [0.05, 0.1) is 0 Å². The first-order chi connectivity index (χ1) is 12.3. The normalized spacial score (nSPS) is 17.2. The molecule has 0 unspecified atom stereocenters. The summed E-state index contributed by atoms with van der Waals surface area (Å²) in [7, 11) is 0. The van der Waals surface area contributed by atoms with Crippen molar-refractivity contribution in [1.29, 1.82) is 0 Å². The first-order valence-electron chi connectivity index (χ1n) is 9.19. The highest BCUT2D eigenvalue weighted by atomic mass is 35.5. The van der Waals surface area contributed by atoms with Crippen LogP contribution in [0.15, 0.2) is 24.3 Å². The van der Waals surface area contributed by atoms with Crippen LogP contribution < -0.4 is 10.6 Å². The Morgan fingerprint density at radius 2 is 2.08 bits per heavy atom. The lowest BCUT2D eigenvalue weighted by Crippen LogP contribution is -2.29. The Kier molecular flexibility index (Phi) is 6.29. The number of nitrogens with one attached hydrogen (secondary N) is 3. The van der Waals surface area contributed by atoms with Gasteiger partial charge in [0.15, 0.2) is 5.69 Å². The fraction of sp³-hybridized carbons (Fsp3) is 0.474. The van der Waals surface area contributed by atoms with Crippen molar-refractivity contribution in [2.45, 2.75) is 38.8 Å². The van der Waals surface area contributed by atoms with E-state index in [0.717, 1.165) is 36.5 Å². The quantitative estimate of drug-likeness (QED) is 0.768. The maximum Gasteiger partial charge on any atom is 0.276 e. The van der Waals surface area contributed by atoms with Crippen LogP contribution >= 0.6 is 12.4 Å². The molecule has 140 valence electrons. The maximum absolute atomic E-state index is 12.6. The number of anilines is 1. The molecule has 0 saturated carbocycles. The van der Waals surface area contributed by atoms with E-state index >= 15 is 0 Å². The van der Waals surface area contributed by atoms with Crippen LogP contribution in [0.1, 0.15) is 46.6 Å². The van der Waals surface area contributed by atoms with Crippen LogP contribution in [-0.4, -0.2) is 40.6 Å². The van der Waals surface area contributed by atoms with Gasteiger partial charge in [-0.25, -0.2) is 0 Å². The number of nitrogens with zero attached hydrogens (tertiary/aromatic N) is 2. The van der Waals surface area contributed by atoms with E-state index in [1.54, 1.807) is 0 Å². The zero-order valence-corrected chi connectivity index (χ0v) is 15.7. The number of benzene rings is 1. The molecule has 1 saturated heterocycles. The van der Waals surface area contributed by atoms with E-state index in [-0.39, 0.29) is 18.3 Å². The van der Waals surface area contributed by atoms with Crippen LogP contribution in [0.3, 0.4) is 0 Å². The molecule has 0 bridgehead atoms. The average molecular weight is 376 g/mol. The number of piperidine rings is 1. The molecule has 0 aliphatic carbocycles. The average Bonchev–Trinajstić information content (AvgIpc) is 3.07. The summed E-state index contributed by atoms with van der Waals surface area (Å²) in [6, 6.07) is 8.15. The van der Waals surface area contributed by atoms with Gasteiger partial charge < -0.3 is 10.6 Å². The minimum absolute atomic E-state index is 0. The third kappa shape index (κ3) is 4.26. The van der Waals surface area contributed by atoms with Gasteiger partial charge in [0.1, 0.15) is 0 Å². The van der Waals surface area contributed by atoms with Crippen molar-refractivity contribution in [3.8, 4) is 0 Å². The summed E-state index contributed by atoms with van der Waals surface area (Å²) < 4.78 is 0. The molecule has 2 aliphatic heterocycles. The van der Waals surface area contributed by atoms with Crippen molar-refractivity contribution in [3.63, 3.8) is 0 Å². The summed E-state index contributed by atoms with van der Waals surface area (Å²) in [5.74, 6) is -0.142. The molecular weight excluding hydrogens is 350 g/mol. The fourth-order valence-electron chi connectivity index (χ4n) is 3.73. The van der Waals surface area contributed by atoms with E-state index in [1.165, 1.54) is 37.9 Å². The SMILES string of the molecule is Cl.O=C(Nc1cccc(CN2CCCCC2)c1)c1n[nH]c2c1CNCC2. The third-order valence-electron chi connectivity index (χ3n) is 5.06. The molecule has 6 nitrogen and oxygen atoms in total. The predicted octanol–water partition coefficient (Wildman–Crippen LogP) is 2.72. The van der Waals surface area contributed by atoms with E-state index in [9.17, 15) is 4.79 Å². The number of fused-ring (bicyclic) bond motifs is 1. The summed E-state index contributed by atoms with van der Waals surface area (Å²) in [6.45, 7) is 4.91. The van der Waals surface area contributed by atoms with E-state index in [4.69, 9.17) is 0 Å². The van der Waals surface area contributed by atoms with Crippen molar-refractivity contribution in [2.75, 3.05) is 25.0 Å². The number of carbonyl (C=O) groups is 1. The van der Waals surface area contributed by atoms with Crippen LogP contribution in [0.2, 0.25) is 0 Å². The number of hydrogen-bond donors (Lipinski definition) is 3. The molecule has 2 aromatic rings. The largest absolute Gasteiger partial charge is 0.321 e. The molecule has 0 spiro atoms. The highest BCUT2D eigenvalue weighted by molar-refractivity contribution is 6.04. The summed E-state index contributed by atoms with van der Waals surface area (Å²) in [6.07, 6.45) is 4.81. The second-order valence-corrected chi connectivity index (χ2v) is 6.95. The highest BCUT2D eigenvalue weighted by Gasteiger charge is 2.21. The molecule has 0 radical (unpaired) electrons. The summed E-state index contributed by atoms with van der Waals surface area (Å²) in [4.78, 5) is 15.1. The Hall–Kier alpha value is -1.89. The molecule has 1 aromatic carbocycles. The van der Waals surface area contributed by atoms with Gasteiger partial charge in [-0.15, -0.1) is 12.4 Å². The first kappa shape index (κ1) is 18.9. The number of amides is 1. The highest BCUT2D eigenvalue weighted by Crippen LogP contribution is 2.19. The number of aromatic amines is 1. The summed E-state index contributed by atoms with van der Waals surface area (Å²) in [5, 5.41) is 13.5. The van der Waals surface area contributed by atoms with Gasteiger partial charge in [-0.2, -0.15) is 5.10 Å². The zero-order chi connectivity index (χ0) is 17.1. The number of rotatable bonds is 4. The molecule has 3 heterocycles. The monoisotopic (exact) mass is 375 g/mol. The van der Waals surface area contributed by atoms with Gasteiger partial charge in [-0.3, -0.25) is 14.8 Å². The van der Waals surface area contributed by atoms with Crippen LogP contribution in [-0.2, 0) is 19.5 Å². The van der Waals surface area contributed by atoms with Gasteiger partial charge in [-0.05, 0) is 43.6 Å². The summed E-state index contributed by atoms with van der Waals surface area (Å²) in [5.41, 5.74) is 4.64. The lowest BCUT2D eigenvalue weighted by molar-refractivity contribution is 0.102. The first-order valence-corrected chi connectivity index (χ1v) is 9.19. The smallest absolute Gasteiger partial charge is 0.276 e. The molecule has 4 rings (SSSR count). The van der Waals surface area contributed by atoms with Gasteiger partial charge in [0.25, 0.3) is 5.91 Å². The number of halogens is 1. The van der Waals surface area contributed by atoms with Crippen LogP contribution in [0, 0.1) is 0 Å². The number of hydrogen-bond acceptors (Lipinski definition) is 4. The van der Waals surface area contributed by atoms with Crippen LogP contribution in [0.4, 0.5) is 5.69 Å². The van der Waals surface area contributed by atoms with Gasteiger partial charge in [0.2, 0.25) is 0 Å². The van der Waals surface area contributed by atoms with E-state index < -0.39 is 0 Å². The van der Waals surface area contributed by atoms with E-state index in [2.05, 4.69) is 37.9 Å².